The van der Waals surface area contributed by atoms with Gasteiger partial charge in [-0.1, -0.05) is 36.4 Å². The van der Waals surface area contributed by atoms with Crippen LogP contribution in [0.3, 0.4) is 0 Å². The molecule has 1 amide bonds. The highest BCUT2D eigenvalue weighted by Gasteiger charge is 2.27. The van der Waals surface area contributed by atoms with Gasteiger partial charge in [0.1, 0.15) is 17.5 Å². The fraction of sp³-hybridized carbons (Fsp3) is 0.240. The summed E-state index contributed by atoms with van der Waals surface area (Å²) in [5, 5.41) is 2.82. The maximum atomic E-state index is 13.3. The average molecular weight is 469 g/mol. The first-order valence-corrected chi connectivity index (χ1v) is 11.9. The quantitative estimate of drug-likeness (QED) is 0.498. The highest BCUT2D eigenvalue weighted by atomic mass is 32.2. The maximum Gasteiger partial charge on any atom is 0.243 e. The van der Waals surface area contributed by atoms with E-state index in [1.807, 2.05) is 43.3 Å². The summed E-state index contributed by atoms with van der Waals surface area (Å²) in [5.74, 6) is 0.580. The Hall–Kier alpha value is -3.36. The summed E-state index contributed by atoms with van der Waals surface area (Å²) >= 11 is 0. The van der Waals surface area contributed by atoms with Crippen molar-refractivity contribution in [3.63, 3.8) is 0 Å². The lowest BCUT2D eigenvalue weighted by Gasteiger charge is -2.20. The summed E-state index contributed by atoms with van der Waals surface area (Å²) < 4.78 is 39.5. The predicted octanol–water partition coefficient (Wildman–Crippen LogP) is 3.85. The van der Waals surface area contributed by atoms with E-state index in [1.165, 1.54) is 26.4 Å². The molecule has 174 valence electrons. The van der Waals surface area contributed by atoms with Crippen molar-refractivity contribution in [3.8, 4) is 11.5 Å². The van der Waals surface area contributed by atoms with Crippen molar-refractivity contribution in [2.45, 2.75) is 31.2 Å². The topological polar surface area (TPSA) is 93.7 Å². The van der Waals surface area contributed by atoms with Crippen molar-refractivity contribution in [1.82, 2.24) is 4.72 Å². The van der Waals surface area contributed by atoms with Crippen LogP contribution in [0.2, 0.25) is 0 Å². The van der Waals surface area contributed by atoms with Crippen LogP contribution in [0, 0.1) is 13.8 Å². The third kappa shape index (κ3) is 6.12. The molecule has 3 aromatic carbocycles. The number of anilines is 1. The normalized spacial score (nSPS) is 12.1. The van der Waals surface area contributed by atoms with Crippen molar-refractivity contribution in [2.75, 3.05) is 19.5 Å². The van der Waals surface area contributed by atoms with Gasteiger partial charge in [-0.3, -0.25) is 4.79 Å². The fourth-order valence-electron chi connectivity index (χ4n) is 3.45. The number of aryl methyl sites for hydroxylation is 2. The molecule has 0 aromatic heterocycles. The maximum absolute atomic E-state index is 13.3. The number of hydrogen-bond acceptors (Lipinski definition) is 5. The predicted molar refractivity (Wildman–Crippen MR) is 128 cm³/mol. The van der Waals surface area contributed by atoms with Gasteiger partial charge in [-0.15, -0.1) is 0 Å². The molecule has 0 aliphatic rings. The largest absolute Gasteiger partial charge is 0.496 e. The summed E-state index contributed by atoms with van der Waals surface area (Å²) in [5.41, 5.74) is 2.90. The zero-order valence-electron chi connectivity index (χ0n) is 19.1. The Bertz CT molecular complexity index is 1230. The molecule has 0 saturated carbocycles. The number of ether oxygens (including phenoxy) is 2. The van der Waals surface area contributed by atoms with Crippen molar-refractivity contribution >= 4 is 21.6 Å². The lowest BCUT2D eigenvalue weighted by Crippen LogP contribution is -2.45. The van der Waals surface area contributed by atoms with Crippen LogP contribution in [0.15, 0.2) is 71.6 Å². The molecule has 0 aliphatic heterocycles. The zero-order valence-corrected chi connectivity index (χ0v) is 19.9. The number of methoxy groups -OCH3 is 2. The van der Waals surface area contributed by atoms with Crippen molar-refractivity contribution in [2.24, 2.45) is 0 Å². The zero-order chi connectivity index (χ0) is 24.0. The number of carbonyl (C=O) groups is 1. The molecule has 0 saturated heterocycles. The molecule has 0 aliphatic carbocycles. The Morgan fingerprint density at radius 1 is 0.909 bits per heavy atom. The van der Waals surface area contributed by atoms with E-state index in [4.69, 9.17) is 9.47 Å². The molecule has 0 spiro atoms. The van der Waals surface area contributed by atoms with Crippen LogP contribution < -0.4 is 19.5 Å². The summed E-state index contributed by atoms with van der Waals surface area (Å²) in [6.07, 6.45) is 0.176. The number of carbonyl (C=O) groups excluding carboxylic acids is 1. The van der Waals surface area contributed by atoms with E-state index in [1.54, 1.807) is 25.1 Å². The van der Waals surface area contributed by atoms with E-state index in [0.29, 0.717) is 22.7 Å². The van der Waals surface area contributed by atoms with Gasteiger partial charge in [-0.2, -0.15) is 4.72 Å². The Labute approximate surface area is 194 Å². The second kappa shape index (κ2) is 10.5. The van der Waals surface area contributed by atoms with Gasteiger partial charge in [-0.25, -0.2) is 8.42 Å². The molecule has 2 N–H and O–H groups in total. The van der Waals surface area contributed by atoms with Gasteiger partial charge in [0.2, 0.25) is 15.9 Å². The molecule has 3 aromatic rings. The molecule has 1 atom stereocenters. The molecule has 0 heterocycles. The molecule has 3 rings (SSSR count). The standard InChI is InChI=1S/C25H28N2O5S/c1-17-10-12-24(32-4)21(14-17)26-25(28)22(16-19-8-6-5-7-9-19)27-33(29,30)20-11-13-23(31-3)18(2)15-20/h5-15,22,27H,16H2,1-4H3,(H,26,28)/t22-/m1/s1. The molecule has 0 unspecified atom stereocenters. The minimum atomic E-state index is -3.99. The van der Waals surface area contributed by atoms with Crippen LogP contribution in [-0.4, -0.2) is 34.6 Å². The van der Waals surface area contributed by atoms with Gasteiger partial charge in [0.25, 0.3) is 0 Å². The second-order valence-corrected chi connectivity index (χ2v) is 9.40. The van der Waals surface area contributed by atoms with Crippen LogP contribution in [0.25, 0.3) is 0 Å². The first kappa shape index (κ1) is 24.3. The van der Waals surface area contributed by atoms with Crippen LogP contribution in [0.5, 0.6) is 11.5 Å². The SMILES string of the molecule is COc1ccc(S(=O)(=O)N[C@H](Cc2ccccc2)C(=O)Nc2cc(C)ccc2OC)cc1C. The Balaban J connectivity index is 1.92. The van der Waals surface area contributed by atoms with Crippen molar-refractivity contribution in [3.05, 3.63) is 83.4 Å². The van der Waals surface area contributed by atoms with Crippen molar-refractivity contribution in [1.29, 1.82) is 0 Å². The number of nitrogens with one attached hydrogen (secondary N) is 2. The highest BCUT2D eigenvalue weighted by Crippen LogP contribution is 2.26. The smallest absolute Gasteiger partial charge is 0.243 e. The summed E-state index contributed by atoms with van der Waals surface area (Å²) in [7, 11) is -0.953. The van der Waals surface area contributed by atoms with Crippen LogP contribution >= 0.6 is 0 Å². The Morgan fingerprint density at radius 3 is 2.21 bits per heavy atom. The molecule has 0 radical (unpaired) electrons. The summed E-state index contributed by atoms with van der Waals surface area (Å²) in [4.78, 5) is 13.3. The Kier molecular flexibility index (Phi) is 7.73. The molecule has 7 nitrogen and oxygen atoms in total. The molecule has 8 heteroatoms. The van der Waals surface area contributed by atoms with Gasteiger partial charge in [0.05, 0.1) is 24.8 Å². The minimum absolute atomic E-state index is 0.0554. The highest BCUT2D eigenvalue weighted by molar-refractivity contribution is 7.89. The third-order valence-electron chi connectivity index (χ3n) is 5.19. The minimum Gasteiger partial charge on any atom is -0.496 e. The van der Waals surface area contributed by atoms with E-state index in [-0.39, 0.29) is 11.3 Å². The molecular formula is C25H28N2O5S. The van der Waals surface area contributed by atoms with E-state index in [0.717, 1.165) is 11.1 Å². The molecular weight excluding hydrogens is 440 g/mol. The van der Waals surface area contributed by atoms with Crippen LogP contribution in [-0.2, 0) is 21.2 Å². The fourth-order valence-corrected chi connectivity index (χ4v) is 4.73. The van der Waals surface area contributed by atoms with E-state index >= 15 is 0 Å². The van der Waals surface area contributed by atoms with Crippen LogP contribution in [0.1, 0.15) is 16.7 Å². The third-order valence-corrected chi connectivity index (χ3v) is 6.66. The Morgan fingerprint density at radius 2 is 1.58 bits per heavy atom. The van der Waals surface area contributed by atoms with E-state index in [2.05, 4.69) is 10.0 Å². The number of sulfonamides is 1. The summed E-state index contributed by atoms with van der Waals surface area (Å²) in [6.45, 7) is 3.65. The molecule has 0 bridgehead atoms. The first-order chi connectivity index (χ1) is 15.7. The number of amides is 1. The number of rotatable bonds is 9. The number of hydrogen-bond donors (Lipinski definition) is 2. The molecule has 0 fully saturated rings. The van der Waals surface area contributed by atoms with Gasteiger partial charge in [0, 0.05) is 0 Å². The molecule has 33 heavy (non-hydrogen) atoms. The van der Waals surface area contributed by atoms with Crippen molar-refractivity contribution < 1.29 is 22.7 Å². The van der Waals surface area contributed by atoms with Gasteiger partial charge >= 0.3 is 0 Å². The second-order valence-electron chi connectivity index (χ2n) is 7.69. The number of benzene rings is 3. The van der Waals surface area contributed by atoms with Gasteiger partial charge in [-0.05, 0) is 67.3 Å². The summed E-state index contributed by atoms with van der Waals surface area (Å²) in [6, 6.07) is 18.1. The van der Waals surface area contributed by atoms with E-state index < -0.39 is 22.0 Å². The lowest BCUT2D eigenvalue weighted by atomic mass is 10.1. The monoisotopic (exact) mass is 468 g/mol. The first-order valence-electron chi connectivity index (χ1n) is 10.4. The van der Waals surface area contributed by atoms with Gasteiger partial charge in [0.15, 0.2) is 0 Å². The van der Waals surface area contributed by atoms with E-state index in [9.17, 15) is 13.2 Å². The average Bonchev–Trinajstić information content (AvgIpc) is 2.79. The van der Waals surface area contributed by atoms with Gasteiger partial charge < -0.3 is 14.8 Å². The lowest BCUT2D eigenvalue weighted by molar-refractivity contribution is -0.117. The van der Waals surface area contributed by atoms with Crippen LogP contribution in [0.4, 0.5) is 5.69 Å².